The average molecular weight is 1900 g/mol. The number of hydrogen-bond donors (Lipinski definition) is 8. The number of aromatic nitrogens is 8. The molecule has 732 valence electrons. The summed E-state index contributed by atoms with van der Waals surface area (Å²) in [6, 6.07) is 26.2. The highest BCUT2D eigenvalue weighted by Gasteiger charge is 2.43. The molecule has 2 aliphatic heterocycles. The second kappa shape index (κ2) is 49.9. The number of nitrogens with zero attached hydrogens (tertiary/aromatic N) is 12. The molecule has 34 heteroatoms. The number of thiazole rings is 2. The number of hydrogen-bond acceptors (Lipinski definition) is 24. The van der Waals surface area contributed by atoms with Gasteiger partial charge in [0.15, 0.2) is 12.2 Å². The number of carboxylic acid groups (broad SMARTS) is 2. The minimum Gasteiger partial charge on any atom is -0.481 e. The first-order chi connectivity index (χ1) is 64.3. The largest absolute Gasteiger partial charge is 0.481 e. The van der Waals surface area contributed by atoms with Crippen LogP contribution in [0.25, 0.3) is 5.69 Å². The number of unbranched alkanes of at least 4 members (excludes halogenated alkanes) is 2. The summed E-state index contributed by atoms with van der Waals surface area (Å²) >= 11 is 2.25. The monoisotopic (exact) mass is 1900 g/mol. The number of rotatable bonds is 51. The molecule has 12 atom stereocenters. The van der Waals surface area contributed by atoms with Crippen LogP contribution in [0.2, 0.25) is 0 Å². The SMILES string of the molecule is CC[C@H](C)[C@H](NC(=O)[C@H]1CCCCN1C)C(=O)N(CCCCc1cn(Cc2ccccc2CC(=O)O[C@H](C[C@H](C(C)C)N(CCCCc2cn(-c3ccccc3)nn2)C(=O)[C@@H](NC(=O)[C@H]2CCCCN2C)[C@@H](C)CC)c2nc(C(=O)N[C@@H](Cc3ccc(N)cc3)CC(C)(C)C(=O)O)cs2)nn1)[C@H](C[C@@H](OC(C)=O)c1nc(C(=O)N[C@@H](Cc2ccc(N)cc2)CC(C)(C)C(=O)O)cs1)C(C)C. The van der Waals surface area contributed by atoms with Crippen LogP contribution in [0.3, 0.4) is 0 Å². The zero-order valence-electron chi connectivity index (χ0n) is 81.2. The molecule has 4 aromatic carbocycles. The maximum Gasteiger partial charge on any atom is 0.310 e. The summed E-state index contributed by atoms with van der Waals surface area (Å²) in [5.41, 5.74) is 16.1. The van der Waals surface area contributed by atoms with Crippen molar-refractivity contribution < 1.29 is 67.6 Å². The van der Waals surface area contributed by atoms with Gasteiger partial charge in [0.25, 0.3) is 11.8 Å². The van der Waals surface area contributed by atoms with Crippen molar-refractivity contribution in [1.29, 1.82) is 0 Å². The second-order valence-corrected chi connectivity index (χ2v) is 40.7. The lowest BCUT2D eigenvalue weighted by Gasteiger charge is -2.40. The van der Waals surface area contributed by atoms with E-state index < -0.39 is 107 Å². The Morgan fingerprint density at radius 2 is 0.970 bits per heavy atom. The number of nitrogens with one attached hydrogen (secondary N) is 4. The first kappa shape index (κ1) is 106. The summed E-state index contributed by atoms with van der Waals surface area (Å²) in [5, 5.41) is 55.0. The van der Waals surface area contributed by atoms with Crippen LogP contribution in [-0.4, -0.2) is 218 Å². The fourth-order valence-corrected chi connectivity index (χ4v) is 19.6. The summed E-state index contributed by atoms with van der Waals surface area (Å²) < 4.78 is 16.3. The van der Waals surface area contributed by atoms with Crippen LogP contribution in [0.5, 0.6) is 0 Å². The molecule has 2 saturated heterocycles. The van der Waals surface area contributed by atoms with E-state index >= 15 is 14.4 Å². The summed E-state index contributed by atoms with van der Waals surface area (Å²) in [7, 11) is 3.86. The van der Waals surface area contributed by atoms with Gasteiger partial charge in [-0.15, -0.1) is 32.9 Å². The molecule has 2 fully saturated rings. The lowest BCUT2D eigenvalue weighted by Crippen LogP contribution is -2.59. The Bertz CT molecular complexity index is 5230. The number of carbonyl (C=O) groups excluding carboxylic acids is 8. The summed E-state index contributed by atoms with van der Waals surface area (Å²) in [6.07, 6.45) is 11.4. The van der Waals surface area contributed by atoms with Gasteiger partial charge in [0, 0.05) is 85.4 Å². The fraction of sp³-hybridized carbons (Fsp3) is 0.564. The van der Waals surface area contributed by atoms with E-state index in [1.165, 1.54) is 6.92 Å². The number of anilines is 2. The first-order valence-electron chi connectivity index (χ1n) is 47.9. The Hall–Kier alpha value is -11.4. The molecule has 0 spiro atoms. The van der Waals surface area contributed by atoms with Gasteiger partial charge in [-0.2, -0.15) is 0 Å². The van der Waals surface area contributed by atoms with Crippen molar-refractivity contribution in [2.45, 2.75) is 292 Å². The number of nitrogens with two attached hydrogens (primary N) is 2. The number of piperidine rings is 2. The summed E-state index contributed by atoms with van der Waals surface area (Å²) in [5.74, 6) is -6.55. The molecule has 0 aliphatic carbocycles. The third kappa shape index (κ3) is 30.6. The van der Waals surface area contributed by atoms with Crippen molar-refractivity contribution in [3.63, 3.8) is 0 Å². The number of aliphatic carboxylic acids is 2. The van der Waals surface area contributed by atoms with Crippen molar-refractivity contribution >= 4 is 93.4 Å². The van der Waals surface area contributed by atoms with Crippen molar-refractivity contribution in [2.75, 3.05) is 51.7 Å². The fourth-order valence-electron chi connectivity index (χ4n) is 17.9. The van der Waals surface area contributed by atoms with Gasteiger partial charge in [0.05, 0.1) is 59.2 Å². The van der Waals surface area contributed by atoms with E-state index in [4.69, 9.17) is 30.9 Å². The summed E-state index contributed by atoms with van der Waals surface area (Å²) in [4.78, 5) is 161. The van der Waals surface area contributed by atoms with Crippen molar-refractivity contribution in [3.8, 4) is 5.69 Å². The van der Waals surface area contributed by atoms with Gasteiger partial charge in [-0.3, -0.25) is 57.7 Å². The topological polar surface area (TPSA) is 430 Å². The number of ether oxygens (including phenoxy) is 2. The van der Waals surface area contributed by atoms with Crippen LogP contribution in [0, 0.1) is 34.5 Å². The number of aryl methyl sites for hydroxylation is 2. The number of amides is 6. The second-order valence-electron chi connectivity index (χ2n) is 38.9. The third-order valence-corrected chi connectivity index (χ3v) is 28.4. The van der Waals surface area contributed by atoms with Gasteiger partial charge in [-0.05, 0) is 227 Å². The van der Waals surface area contributed by atoms with E-state index in [2.05, 4.69) is 41.9 Å². The number of carboxylic acids is 2. The Kier molecular flexibility index (Phi) is 39.1. The lowest BCUT2D eigenvalue weighted by molar-refractivity contribution is -0.152. The van der Waals surface area contributed by atoms with Gasteiger partial charge in [0.2, 0.25) is 23.6 Å². The lowest BCUT2D eigenvalue weighted by atomic mass is 9.84. The number of benzene rings is 4. The Labute approximate surface area is 802 Å². The molecule has 6 heterocycles. The standard InChI is InChI=1S/C101H142N18O14S2/c1-16-65(7)88(108-92(124)81-37-25-27-47-114(81)14)96(126)117(83(63(3)4)54-85(132-67(9)120)94-106-79(61-134-94)90(122)104-76(56-100(10,11)98(128)129)51-68-39-43-72(102)44-40-68)49-29-23-33-74-59-116(112-110-74)58-71-32-22-21-31-70(71)53-87(121)133-86(95-107-80(62-135-95)91(123)105-77(57-101(12,13)99(130)131)52-69-41-45-73(103)46-42-69)55-84(64(5)6)118(50-30-24-34-75-60-119(113-111-75)78-35-19-18-20-36-78)97(127)89(66(8)17-2)109-93(125)82-38-26-28-48-115(82)15/h18-22,31-32,35-36,39-46,59-66,76-77,81-86,88-89H,16-17,23-30,33-34,37-38,47-58,102-103H2,1-15H3,(H,104,122)(H,105,123)(H,108,124)(H,109,125)(H,128,129)(H,130,131)/t65-,66-,76-,77-,81+,82+,83+,84+,85+,86+,88-,89-/m0/s1. The number of esters is 2. The Morgan fingerprint density at radius 1 is 0.541 bits per heavy atom. The highest BCUT2D eigenvalue weighted by molar-refractivity contribution is 7.10. The number of likely N-dealkylation sites (N-methyl/N-ethyl adjacent to an activating group) is 2. The normalized spacial score (nSPS) is 16.7. The maximum atomic E-state index is 16.0. The van der Waals surface area contributed by atoms with E-state index in [0.717, 1.165) is 89.5 Å². The zero-order valence-corrected chi connectivity index (χ0v) is 82.9. The van der Waals surface area contributed by atoms with Crippen molar-refractivity contribution in [1.82, 2.24) is 80.8 Å². The molecule has 6 amide bonds. The first-order valence-corrected chi connectivity index (χ1v) is 49.6. The number of nitrogen functional groups attached to an aromatic ring is 2. The van der Waals surface area contributed by atoms with Gasteiger partial charge >= 0.3 is 23.9 Å². The molecular formula is C101H142N18O14S2. The van der Waals surface area contributed by atoms with Gasteiger partial charge in [0.1, 0.15) is 33.5 Å². The maximum absolute atomic E-state index is 16.0. The van der Waals surface area contributed by atoms with Crippen LogP contribution in [0.15, 0.2) is 126 Å². The van der Waals surface area contributed by atoms with Gasteiger partial charge in [-0.25, -0.2) is 19.3 Å². The number of carbonyl (C=O) groups is 10. The van der Waals surface area contributed by atoms with Crippen LogP contribution in [-0.2, 0) is 86.5 Å². The smallest absolute Gasteiger partial charge is 0.310 e. The molecule has 4 aromatic heterocycles. The van der Waals surface area contributed by atoms with Gasteiger partial charge < -0.3 is 62.2 Å². The van der Waals surface area contributed by atoms with Crippen molar-refractivity contribution in [2.24, 2.45) is 34.5 Å². The quantitative estimate of drug-likeness (QED) is 0.00997. The van der Waals surface area contributed by atoms with Crippen LogP contribution < -0.4 is 32.7 Å². The third-order valence-electron chi connectivity index (χ3n) is 26.5. The molecule has 8 aromatic rings. The molecule has 10 rings (SSSR count). The van der Waals surface area contributed by atoms with E-state index in [1.807, 2.05) is 180 Å². The minimum atomic E-state index is -1.24. The zero-order chi connectivity index (χ0) is 98.0. The number of para-hydroxylation sites is 1. The molecule has 32 nitrogen and oxygen atoms in total. The van der Waals surface area contributed by atoms with E-state index in [0.29, 0.717) is 98.3 Å². The predicted octanol–water partition coefficient (Wildman–Crippen LogP) is 13.7. The molecule has 0 saturated carbocycles. The average Bonchev–Trinajstić information content (AvgIpc) is 1.60. The molecule has 10 N–H and O–H groups in total. The van der Waals surface area contributed by atoms with Crippen LogP contribution in [0.1, 0.15) is 270 Å². The highest BCUT2D eigenvalue weighted by Crippen LogP contribution is 2.37. The number of likely N-dealkylation sites (tertiary alicyclic amines) is 2. The molecule has 0 bridgehead atoms. The predicted molar refractivity (Wildman–Crippen MR) is 521 cm³/mol. The van der Waals surface area contributed by atoms with E-state index in [-0.39, 0.29) is 122 Å². The highest BCUT2D eigenvalue weighted by atomic mass is 32.1. The summed E-state index contributed by atoms with van der Waals surface area (Å²) in [6.45, 7) is 25.8. The Balaban J connectivity index is 0.905. The van der Waals surface area contributed by atoms with Crippen LogP contribution >= 0.6 is 22.7 Å². The molecule has 0 unspecified atom stereocenters. The van der Waals surface area contributed by atoms with E-state index in [9.17, 15) is 43.8 Å². The minimum absolute atomic E-state index is 0.0115. The molecule has 0 radical (unpaired) electrons. The molecular weight excluding hydrogens is 1750 g/mol. The van der Waals surface area contributed by atoms with Gasteiger partial charge in [-0.1, -0.05) is 158 Å². The molecule has 135 heavy (non-hydrogen) atoms. The van der Waals surface area contributed by atoms with E-state index in [1.54, 1.807) is 72.1 Å². The van der Waals surface area contributed by atoms with Crippen molar-refractivity contribution in [3.05, 3.63) is 181 Å². The molecule has 2 aliphatic rings. The Morgan fingerprint density at radius 3 is 1.40 bits per heavy atom. The van der Waals surface area contributed by atoms with Crippen LogP contribution in [0.4, 0.5) is 11.4 Å².